The summed E-state index contributed by atoms with van der Waals surface area (Å²) in [6, 6.07) is 6.30. The second kappa shape index (κ2) is 7.03. The third kappa shape index (κ3) is 5.08. The van der Waals surface area contributed by atoms with Crippen LogP contribution in [0.4, 0.5) is 11.4 Å². The van der Waals surface area contributed by atoms with Crippen molar-refractivity contribution in [3.05, 3.63) is 24.3 Å². The van der Waals surface area contributed by atoms with E-state index in [0.717, 1.165) is 12.8 Å². The van der Waals surface area contributed by atoms with E-state index in [9.17, 15) is 14.4 Å². The van der Waals surface area contributed by atoms with Crippen molar-refractivity contribution in [3.63, 3.8) is 0 Å². The number of amides is 3. The zero-order valence-electron chi connectivity index (χ0n) is 14.6. The Bertz CT molecular complexity index is 628. The number of hydrogen-bond acceptors (Lipinski definition) is 3. The van der Waals surface area contributed by atoms with Gasteiger partial charge in [-0.05, 0) is 44.0 Å². The maximum absolute atomic E-state index is 12.1. The molecule has 1 aliphatic carbocycles. The van der Waals surface area contributed by atoms with Crippen LogP contribution in [-0.4, -0.2) is 23.8 Å². The highest BCUT2D eigenvalue weighted by molar-refractivity contribution is 5.98. The van der Waals surface area contributed by atoms with Crippen molar-refractivity contribution in [2.24, 2.45) is 11.3 Å². The number of benzene rings is 1. The SMILES string of the molecule is CC(NC(=O)C(C)(C)C)C(=O)Nc1ccc(NC(=O)C2CC2)cc1. The van der Waals surface area contributed by atoms with Gasteiger partial charge in [-0.3, -0.25) is 14.4 Å². The molecule has 6 nitrogen and oxygen atoms in total. The van der Waals surface area contributed by atoms with E-state index in [-0.39, 0.29) is 23.6 Å². The Morgan fingerprint density at radius 3 is 1.96 bits per heavy atom. The second-order valence-corrected chi connectivity index (χ2v) is 7.28. The van der Waals surface area contributed by atoms with E-state index in [1.54, 1.807) is 52.0 Å². The highest BCUT2D eigenvalue weighted by atomic mass is 16.2. The molecule has 1 fully saturated rings. The molecule has 0 bridgehead atoms. The van der Waals surface area contributed by atoms with Crippen LogP contribution >= 0.6 is 0 Å². The van der Waals surface area contributed by atoms with Gasteiger partial charge in [-0.2, -0.15) is 0 Å². The van der Waals surface area contributed by atoms with E-state index in [2.05, 4.69) is 16.0 Å². The molecule has 3 amide bonds. The lowest BCUT2D eigenvalue weighted by Gasteiger charge is -2.21. The monoisotopic (exact) mass is 331 g/mol. The predicted molar refractivity (Wildman–Crippen MR) is 93.5 cm³/mol. The summed E-state index contributed by atoms with van der Waals surface area (Å²) in [5, 5.41) is 8.28. The molecule has 1 aromatic carbocycles. The van der Waals surface area contributed by atoms with Crippen molar-refractivity contribution < 1.29 is 14.4 Å². The maximum atomic E-state index is 12.1. The van der Waals surface area contributed by atoms with E-state index in [1.807, 2.05) is 0 Å². The van der Waals surface area contributed by atoms with Gasteiger partial charge < -0.3 is 16.0 Å². The smallest absolute Gasteiger partial charge is 0.246 e. The summed E-state index contributed by atoms with van der Waals surface area (Å²) in [6.07, 6.45) is 1.91. The molecular formula is C18H25N3O3. The Balaban J connectivity index is 1.86. The van der Waals surface area contributed by atoms with Crippen molar-refractivity contribution in [2.45, 2.75) is 46.6 Å². The molecule has 0 aromatic heterocycles. The normalized spacial score (nSPS) is 15.3. The minimum absolute atomic E-state index is 0.0466. The molecule has 0 saturated heterocycles. The molecule has 0 spiro atoms. The van der Waals surface area contributed by atoms with Crippen LogP contribution in [0.3, 0.4) is 0 Å². The van der Waals surface area contributed by atoms with Crippen molar-refractivity contribution in [1.29, 1.82) is 0 Å². The number of hydrogen-bond donors (Lipinski definition) is 3. The Labute approximate surface area is 142 Å². The number of anilines is 2. The van der Waals surface area contributed by atoms with E-state index in [4.69, 9.17) is 0 Å². The average molecular weight is 331 g/mol. The molecule has 3 N–H and O–H groups in total. The molecule has 1 saturated carbocycles. The van der Waals surface area contributed by atoms with Crippen molar-refractivity contribution in [3.8, 4) is 0 Å². The first-order chi connectivity index (χ1) is 11.2. The fraction of sp³-hybridized carbons (Fsp3) is 0.500. The first-order valence-corrected chi connectivity index (χ1v) is 8.19. The van der Waals surface area contributed by atoms with Gasteiger partial charge in [0.25, 0.3) is 0 Å². The third-order valence-corrected chi connectivity index (χ3v) is 3.79. The summed E-state index contributed by atoms with van der Waals surface area (Å²) in [4.78, 5) is 35.7. The van der Waals surface area contributed by atoms with Gasteiger partial charge >= 0.3 is 0 Å². The van der Waals surface area contributed by atoms with Gasteiger partial charge in [0.2, 0.25) is 17.7 Å². The van der Waals surface area contributed by atoms with Gasteiger partial charge in [0.15, 0.2) is 0 Å². The van der Waals surface area contributed by atoms with Crippen molar-refractivity contribution in [1.82, 2.24) is 5.32 Å². The maximum Gasteiger partial charge on any atom is 0.246 e. The molecule has 1 unspecified atom stereocenters. The largest absolute Gasteiger partial charge is 0.344 e. The molecule has 1 atom stereocenters. The van der Waals surface area contributed by atoms with E-state index >= 15 is 0 Å². The quantitative estimate of drug-likeness (QED) is 0.775. The number of carbonyl (C=O) groups excluding carboxylic acids is 3. The van der Waals surface area contributed by atoms with Crippen LogP contribution in [0.25, 0.3) is 0 Å². The second-order valence-electron chi connectivity index (χ2n) is 7.28. The van der Waals surface area contributed by atoms with Crippen LogP contribution in [0.1, 0.15) is 40.5 Å². The topological polar surface area (TPSA) is 87.3 Å². The van der Waals surface area contributed by atoms with Crippen LogP contribution in [-0.2, 0) is 14.4 Å². The van der Waals surface area contributed by atoms with Crippen LogP contribution < -0.4 is 16.0 Å². The van der Waals surface area contributed by atoms with Crippen LogP contribution in [0.15, 0.2) is 24.3 Å². The summed E-state index contributed by atoms with van der Waals surface area (Å²) in [5.74, 6) is -0.271. The zero-order valence-corrected chi connectivity index (χ0v) is 14.6. The summed E-state index contributed by atoms with van der Waals surface area (Å²) in [5.41, 5.74) is 0.774. The molecule has 1 aromatic rings. The molecule has 24 heavy (non-hydrogen) atoms. The molecule has 6 heteroatoms. The summed E-state index contributed by atoms with van der Waals surface area (Å²) < 4.78 is 0. The Morgan fingerprint density at radius 1 is 1.00 bits per heavy atom. The Hall–Kier alpha value is -2.37. The number of rotatable bonds is 5. The molecule has 1 aliphatic rings. The van der Waals surface area contributed by atoms with Gasteiger partial charge in [0.05, 0.1) is 0 Å². The van der Waals surface area contributed by atoms with Crippen LogP contribution in [0, 0.1) is 11.3 Å². The molecular weight excluding hydrogens is 306 g/mol. The average Bonchev–Trinajstić information content (AvgIpc) is 3.32. The Kier molecular flexibility index (Phi) is 5.26. The van der Waals surface area contributed by atoms with E-state index in [1.165, 1.54) is 0 Å². The minimum atomic E-state index is -0.633. The summed E-state index contributed by atoms with van der Waals surface area (Å²) in [6.45, 7) is 7.02. The predicted octanol–water partition coefficient (Wildman–Crippen LogP) is 2.52. The first kappa shape index (κ1) is 18.0. The molecule has 130 valence electrons. The first-order valence-electron chi connectivity index (χ1n) is 8.19. The van der Waals surface area contributed by atoms with Crippen molar-refractivity contribution >= 4 is 29.1 Å². The van der Waals surface area contributed by atoms with E-state index < -0.39 is 11.5 Å². The zero-order chi connectivity index (χ0) is 17.9. The fourth-order valence-electron chi connectivity index (χ4n) is 1.96. The van der Waals surface area contributed by atoms with Gasteiger partial charge in [-0.15, -0.1) is 0 Å². The minimum Gasteiger partial charge on any atom is -0.344 e. The molecule has 0 radical (unpaired) electrons. The van der Waals surface area contributed by atoms with Crippen molar-refractivity contribution in [2.75, 3.05) is 10.6 Å². The number of carbonyl (C=O) groups is 3. The van der Waals surface area contributed by atoms with Gasteiger partial charge in [-0.25, -0.2) is 0 Å². The van der Waals surface area contributed by atoms with Crippen LogP contribution in [0.5, 0.6) is 0 Å². The van der Waals surface area contributed by atoms with Gasteiger partial charge in [0, 0.05) is 22.7 Å². The van der Waals surface area contributed by atoms with E-state index in [0.29, 0.717) is 11.4 Å². The molecule has 0 aliphatic heterocycles. The fourth-order valence-corrected chi connectivity index (χ4v) is 1.96. The lowest BCUT2D eigenvalue weighted by Crippen LogP contribution is -2.46. The lowest BCUT2D eigenvalue weighted by atomic mass is 9.95. The highest BCUT2D eigenvalue weighted by Gasteiger charge is 2.29. The molecule has 2 rings (SSSR count). The number of nitrogens with one attached hydrogen (secondary N) is 3. The van der Waals surface area contributed by atoms with Gasteiger partial charge in [0.1, 0.15) is 6.04 Å². The Morgan fingerprint density at radius 2 is 1.50 bits per heavy atom. The van der Waals surface area contributed by atoms with Gasteiger partial charge in [-0.1, -0.05) is 20.8 Å². The standard InChI is InChI=1S/C18H25N3O3/c1-11(19-17(24)18(2,3)4)15(22)20-13-7-9-14(10-8-13)21-16(23)12-5-6-12/h7-12H,5-6H2,1-4H3,(H,19,24)(H,20,22)(H,21,23). The van der Waals surface area contributed by atoms with Crippen LogP contribution in [0.2, 0.25) is 0 Å². The summed E-state index contributed by atoms with van der Waals surface area (Å²) >= 11 is 0. The highest BCUT2D eigenvalue weighted by Crippen LogP contribution is 2.30. The third-order valence-electron chi connectivity index (χ3n) is 3.79. The lowest BCUT2D eigenvalue weighted by molar-refractivity contribution is -0.131. The summed E-state index contributed by atoms with van der Waals surface area (Å²) in [7, 11) is 0. The molecule has 0 heterocycles.